The minimum Gasteiger partial charge on any atom is -0.347 e. The Hall–Kier alpha value is -0.890. The van der Waals surface area contributed by atoms with E-state index in [1.54, 1.807) is 12.5 Å². The van der Waals surface area contributed by atoms with Gasteiger partial charge in [0.15, 0.2) is 0 Å². The largest absolute Gasteiger partial charge is 0.347 e. The van der Waals surface area contributed by atoms with E-state index in [4.69, 9.17) is 0 Å². The van der Waals surface area contributed by atoms with Crippen molar-refractivity contribution in [1.82, 2.24) is 15.3 Å². The van der Waals surface area contributed by atoms with Crippen molar-refractivity contribution in [3.8, 4) is 0 Å². The summed E-state index contributed by atoms with van der Waals surface area (Å²) in [7, 11) is 0. The molecule has 2 heterocycles. The molecule has 0 aliphatic carbocycles. The van der Waals surface area contributed by atoms with E-state index in [-0.39, 0.29) is 5.91 Å². The molecule has 0 fully saturated rings. The van der Waals surface area contributed by atoms with Gasteiger partial charge in [-0.3, -0.25) is 4.79 Å². The van der Waals surface area contributed by atoms with Crippen molar-refractivity contribution >= 4 is 39.8 Å². The molecule has 0 spiro atoms. The number of carbonyl (C=O) groups excluding carboxylic acids is 1. The molecule has 0 aliphatic rings. The summed E-state index contributed by atoms with van der Waals surface area (Å²) in [6, 6.07) is 1.93. The Labute approximate surface area is 104 Å². The molecule has 2 rings (SSSR count). The lowest BCUT2D eigenvalue weighted by atomic mass is 10.4. The van der Waals surface area contributed by atoms with E-state index in [0.29, 0.717) is 6.54 Å². The fourth-order valence-corrected chi connectivity index (χ4v) is 2.84. The highest BCUT2D eigenvalue weighted by Crippen LogP contribution is 2.18. The van der Waals surface area contributed by atoms with E-state index in [0.717, 1.165) is 14.1 Å². The van der Waals surface area contributed by atoms with Crippen LogP contribution < -0.4 is 5.32 Å². The van der Waals surface area contributed by atoms with Crippen molar-refractivity contribution in [2.45, 2.75) is 6.54 Å². The molecule has 0 saturated carbocycles. The Balaban J connectivity index is 1.96. The van der Waals surface area contributed by atoms with Crippen molar-refractivity contribution in [3.05, 3.63) is 38.1 Å². The van der Waals surface area contributed by atoms with Crippen LogP contribution in [0.1, 0.15) is 15.4 Å². The Morgan fingerprint density at radius 2 is 2.53 bits per heavy atom. The van der Waals surface area contributed by atoms with Crippen molar-refractivity contribution in [3.63, 3.8) is 0 Å². The Morgan fingerprint density at radius 1 is 1.67 bits per heavy atom. The first-order valence-electron chi connectivity index (χ1n) is 4.26. The summed E-state index contributed by atoms with van der Waals surface area (Å²) >= 11 is 3.60. The number of nitrogens with zero attached hydrogens (tertiary/aromatic N) is 1. The van der Waals surface area contributed by atoms with E-state index in [2.05, 4.69) is 37.9 Å². The van der Waals surface area contributed by atoms with E-state index >= 15 is 0 Å². The van der Waals surface area contributed by atoms with Gasteiger partial charge in [-0.25, -0.2) is 4.98 Å². The lowest BCUT2D eigenvalue weighted by molar-refractivity contribution is 0.0954. The van der Waals surface area contributed by atoms with Gasteiger partial charge in [-0.2, -0.15) is 0 Å². The normalized spacial score (nSPS) is 10.2. The third-order valence-corrected chi connectivity index (χ3v) is 4.00. The zero-order chi connectivity index (χ0) is 10.7. The van der Waals surface area contributed by atoms with E-state index in [9.17, 15) is 4.79 Å². The van der Waals surface area contributed by atoms with Crippen LogP contribution in [0.25, 0.3) is 0 Å². The van der Waals surface area contributed by atoms with Gasteiger partial charge >= 0.3 is 0 Å². The number of amides is 1. The monoisotopic (exact) mass is 333 g/mol. The number of aromatic amines is 1. The van der Waals surface area contributed by atoms with Crippen LogP contribution in [-0.2, 0) is 6.54 Å². The molecule has 0 aliphatic heterocycles. The number of carbonyl (C=O) groups is 1. The highest BCUT2D eigenvalue weighted by atomic mass is 127. The molecule has 2 aromatic heterocycles. The summed E-state index contributed by atoms with van der Waals surface area (Å²) in [5, 5.41) is 4.73. The number of nitrogens with one attached hydrogen (secondary N) is 2. The van der Waals surface area contributed by atoms with Crippen molar-refractivity contribution in [1.29, 1.82) is 0 Å². The van der Waals surface area contributed by atoms with E-state index in [1.807, 2.05) is 11.4 Å². The molecule has 4 nitrogen and oxygen atoms in total. The van der Waals surface area contributed by atoms with Crippen LogP contribution in [-0.4, -0.2) is 15.9 Å². The first-order valence-corrected chi connectivity index (χ1v) is 6.21. The molecule has 15 heavy (non-hydrogen) atoms. The lowest BCUT2D eigenvalue weighted by Crippen LogP contribution is -2.22. The summed E-state index contributed by atoms with van der Waals surface area (Å²) in [4.78, 5) is 19.2. The summed E-state index contributed by atoms with van der Waals surface area (Å²) in [5.74, 6) is -0.0380. The van der Waals surface area contributed by atoms with E-state index in [1.165, 1.54) is 11.3 Å². The predicted octanol–water partition coefficient (Wildman–Crippen LogP) is 2.01. The number of aromatic nitrogens is 2. The van der Waals surface area contributed by atoms with Gasteiger partial charge in [0.25, 0.3) is 5.91 Å². The fourth-order valence-electron chi connectivity index (χ4n) is 1.09. The zero-order valence-electron chi connectivity index (χ0n) is 7.66. The van der Waals surface area contributed by atoms with Crippen LogP contribution in [0, 0.1) is 3.57 Å². The standard InChI is InChI=1S/C9H8IN3OS/c10-7-1-2-15-8(7)9(14)12-4-6-3-11-5-13-6/h1-3,5H,4H2,(H,11,13)(H,12,14). The first kappa shape index (κ1) is 10.6. The van der Waals surface area contributed by atoms with Crippen LogP contribution in [0.15, 0.2) is 24.0 Å². The maximum Gasteiger partial charge on any atom is 0.262 e. The highest BCUT2D eigenvalue weighted by Gasteiger charge is 2.10. The van der Waals surface area contributed by atoms with Gasteiger partial charge in [0, 0.05) is 9.77 Å². The molecule has 0 bridgehead atoms. The average Bonchev–Trinajstić information content (AvgIpc) is 2.84. The van der Waals surface area contributed by atoms with Gasteiger partial charge in [-0.15, -0.1) is 11.3 Å². The lowest BCUT2D eigenvalue weighted by Gasteiger charge is -2.01. The second-order valence-corrected chi connectivity index (χ2v) is 4.94. The molecule has 0 atom stereocenters. The number of rotatable bonds is 3. The molecule has 2 aromatic rings. The average molecular weight is 333 g/mol. The SMILES string of the molecule is O=C(NCc1cnc[nH]1)c1sccc1I. The number of imidazole rings is 1. The molecule has 78 valence electrons. The number of hydrogen-bond acceptors (Lipinski definition) is 3. The number of hydrogen-bond donors (Lipinski definition) is 2. The minimum absolute atomic E-state index is 0.0380. The third-order valence-electron chi connectivity index (χ3n) is 1.82. The van der Waals surface area contributed by atoms with Crippen LogP contribution in [0.2, 0.25) is 0 Å². The quantitative estimate of drug-likeness (QED) is 0.845. The van der Waals surface area contributed by atoms with Gasteiger partial charge in [0.1, 0.15) is 4.88 Å². The van der Waals surface area contributed by atoms with Crippen LogP contribution in [0.5, 0.6) is 0 Å². The highest BCUT2D eigenvalue weighted by molar-refractivity contribution is 14.1. The molecule has 0 radical (unpaired) electrons. The number of H-pyrrole nitrogens is 1. The molecule has 1 amide bonds. The first-order chi connectivity index (χ1) is 7.27. The molecule has 0 aromatic carbocycles. The van der Waals surface area contributed by atoms with Crippen LogP contribution in [0.4, 0.5) is 0 Å². The summed E-state index contributed by atoms with van der Waals surface area (Å²) in [6.07, 6.45) is 3.29. The maximum atomic E-state index is 11.7. The molecular weight excluding hydrogens is 325 g/mol. The van der Waals surface area contributed by atoms with Crippen molar-refractivity contribution < 1.29 is 4.79 Å². The second kappa shape index (κ2) is 4.75. The fraction of sp³-hybridized carbons (Fsp3) is 0.111. The van der Waals surface area contributed by atoms with Gasteiger partial charge in [-0.05, 0) is 34.0 Å². The summed E-state index contributed by atoms with van der Waals surface area (Å²) in [6.45, 7) is 0.479. The second-order valence-electron chi connectivity index (χ2n) is 2.86. The Kier molecular flexibility index (Phi) is 3.37. The van der Waals surface area contributed by atoms with Crippen LogP contribution in [0.3, 0.4) is 0 Å². The smallest absolute Gasteiger partial charge is 0.262 e. The van der Waals surface area contributed by atoms with E-state index < -0.39 is 0 Å². The summed E-state index contributed by atoms with van der Waals surface area (Å²) < 4.78 is 0.986. The number of thiophene rings is 1. The molecule has 0 unspecified atom stereocenters. The summed E-state index contributed by atoms with van der Waals surface area (Å²) in [5.41, 5.74) is 0.898. The predicted molar refractivity (Wildman–Crippen MR) is 66.8 cm³/mol. The van der Waals surface area contributed by atoms with Gasteiger partial charge in [0.2, 0.25) is 0 Å². The topological polar surface area (TPSA) is 57.8 Å². The number of halogens is 1. The van der Waals surface area contributed by atoms with Gasteiger partial charge < -0.3 is 10.3 Å². The van der Waals surface area contributed by atoms with Crippen molar-refractivity contribution in [2.75, 3.05) is 0 Å². The van der Waals surface area contributed by atoms with Gasteiger partial charge in [-0.1, -0.05) is 0 Å². The zero-order valence-corrected chi connectivity index (χ0v) is 10.6. The molecule has 0 saturated heterocycles. The van der Waals surface area contributed by atoms with Crippen molar-refractivity contribution in [2.24, 2.45) is 0 Å². The minimum atomic E-state index is -0.0380. The maximum absolute atomic E-state index is 11.7. The Morgan fingerprint density at radius 3 is 3.13 bits per heavy atom. The molecular formula is C9H8IN3OS. The molecule has 6 heteroatoms. The molecule has 2 N–H and O–H groups in total. The van der Waals surface area contributed by atoms with Gasteiger partial charge in [0.05, 0.1) is 18.6 Å². The third kappa shape index (κ3) is 2.57. The Bertz CT molecular complexity index is 452. The van der Waals surface area contributed by atoms with Crippen LogP contribution >= 0.6 is 33.9 Å².